The van der Waals surface area contributed by atoms with Crippen molar-refractivity contribution in [1.82, 2.24) is 15.5 Å². The number of halogens is 1. The average Bonchev–Trinajstić information content (AvgIpc) is 2.93. The standard InChI is InChI=1S/C14H18ClN3OS/c1-9(10(2)16-3)14-17-13(18-19-14)8-20-12-7-5-4-6-11(12)15/h4-7,9-10,16H,8H2,1-3H3. The SMILES string of the molecule is CNC(C)C(C)c1nc(CSc2ccccc2Cl)no1. The van der Waals surface area contributed by atoms with Gasteiger partial charge in [0.25, 0.3) is 0 Å². The Morgan fingerprint density at radius 2 is 2.10 bits per heavy atom. The highest BCUT2D eigenvalue weighted by Gasteiger charge is 2.19. The molecule has 0 saturated heterocycles. The van der Waals surface area contributed by atoms with Gasteiger partial charge in [0.15, 0.2) is 5.82 Å². The van der Waals surface area contributed by atoms with E-state index >= 15 is 0 Å². The molecular formula is C14H18ClN3OS. The number of benzene rings is 1. The molecule has 1 aromatic carbocycles. The van der Waals surface area contributed by atoms with Crippen LogP contribution in [0.1, 0.15) is 31.5 Å². The number of hydrogen-bond donors (Lipinski definition) is 1. The van der Waals surface area contributed by atoms with E-state index in [0.29, 0.717) is 23.5 Å². The van der Waals surface area contributed by atoms with E-state index in [1.165, 1.54) is 0 Å². The van der Waals surface area contributed by atoms with E-state index in [4.69, 9.17) is 16.1 Å². The molecule has 0 aliphatic rings. The van der Waals surface area contributed by atoms with Crippen LogP contribution in [0.15, 0.2) is 33.7 Å². The molecule has 0 spiro atoms. The van der Waals surface area contributed by atoms with Crippen LogP contribution in [0.2, 0.25) is 5.02 Å². The Kier molecular flexibility index (Phi) is 5.46. The van der Waals surface area contributed by atoms with E-state index in [-0.39, 0.29) is 5.92 Å². The first-order chi connectivity index (χ1) is 9.61. The quantitative estimate of drug-likeness (QED) is 0.824. The molecule has 0 aliphatic carbocycles. The number of thioether (sulfide) groups is 1. The molecule has 0 saturated carbocycles. The van der Waals surface area contributed by atoms with Crippen molar-refractivity contribution in [1.29, 1.82) is 0 Å². The number of likely N-dealkylation sites (N-methyl/N-ethyl adjacent to an activating group) is 1. The maximum Gasteiger partial charge on any atom is 0.231 e. The third-order valence-corrected chi connectivity index (χ3v) is 4.78. The second kappa shape index (κ2) is 7.11. The molecule has 0 bridgehead atoms. The van der Waals surface area contributed by atoms with Crippen LogP contribution in [0.3, 0.4) is 0 Å². The fraction of sp³-hybridized carbons (Fsp3) is 0.429. The van der Waals surface area contributed by atoms with Crippen molar-refractivity contribution in [3.8, 4) is 0 Å². The van der Waals surface area contributed by atoms with Gasteiger partial charge in [-0.15, -0.1) is 11.8 Å². The van der Waals surface area contributed by atoms with E-state index < -0.39 is 0 Å². The van der Waals surface area contributed by atoms with Gasteiger partial charge in [-0.2, -0.15) is 4.98 Å². The van der Waals surface area contributed by atoms with Gasteiger partial charge in [-0.05, 0) is 26.1 Å². The molecule has 4 nitrogen and oxygen atoms in total. The molecule has 1 N–H and O–H groups in total. The Morgan fingerprint density at radius 3 is 2.80 bits per heavy atom. The first-order valence-electron chi connectivity index (χ1n) is 6.49. The minimum Gasteiger partial charge on any atom is -0.339 e. The number of nitrogens with zero attached hydrogens (tertiary/aromatic N) is 2. The summed E-state index contributed by atoms with van der Waals surface area (Å²) in [5.74, 6) is 2.20. The van der Waals surface area contributed by atoms with Gasteiger partial charge >= 0.3 is 0 Å². The van der Waals surface area contributed by atoms with Crippen LogP contribution in [-0.4, -0.2) is 23.2 Å². The van der Waals surface area contributed by atoms with Crippen molar-refractivity contribution < 1.29 is 4.52 Å². The smallest absolute Gasteiger partial charge is 0.231 e. The third kappa shape index (κ3) is 3.75. The topological polar surface area (TPSA) is 51.0 Å². The van der Waals surface area contributed by atoms with Gasteiger partial charge < -0.3 is 9.84 Å². The van der Waals surface area contributed by atoms with Gasteiger partial charge in [0.2, 0.25) is 5.89 Å². The zero-order chi connectivity index (χ0) is 14.5. The van der Waals surface area contributed by atoms with Crippen LogP contribution in [0.4, 0.5) is 0 Å². The van der Waals surface area contributed by atoms with Gasteiger partial charge in [0, 0.05) is 10.9 Å². The summed E-state index contributed by atoms with van der Waals surface area (Å²) in [5.41, 5.74) is 0. The summed E-state index contributed by atoms with van der Waals surface area (Å²) < 4.78 is 5.32. The van der Waals surface area contributed by atoms with Gasteiger partial charge in [0.1, 0.15) is 0 Å². The Morgan fingerprint density at radius 1 is 1.35 bits per heavy atom. The van der Waals surface area contributed by atoms with E-state index in [2.05, 4.69) is 29.3 Å². The monoisotopic (exact) mass is 311 g/mol. The average molecular weight is 312 g/mol. The number of hydrogen-bond acceptors (Lipinski definition) is 5. The molecular weight excluding hydrogens is 294 g/mol. The molecule has 108 valence electrons. The highest BCUT2D eigenvalue weighted by Crippen LogP contribution is 2.29. The largest absolute Gasteiger partial charge is 0.339 e. The number of aromatic nitrogens is 2. The predicted octanol–water partition coefficient (Wildman–Crippen LogP) is 3.73. The molecule has 2 aromatic rings. The maximum absolute atomic E-state index is 6.11. The molecule has 0 radical (unpaired) electrons. The summed E-state index contributed by atoms with van der Waals surface area (Å²) in [4.78, 5) is 5.47. The first kappa shape index (κ1) is 15.4. The number of nitrogens with one attached hydrogen (secondary N) is 1. The zero-order valence-corrected chi connectivity index (χ0v) is 13.3. The summed E-state index contributed by atoms with van der Waals surface area (Å²) >= 11 is 7.72. The zero-order valence-electron chi connectivity index (χ0n) is 11.8. The van der Waals surface area contributed by atoms with Crippen LogP contribution in [0.25, 0.3) is 0 Å². The van der Waals surface area contributed by atoms with E-state index in [1.54, 1.807) is 11.8 Å². The lowest BCUT2D eigenvalue weighted by molar-refractivity contribution is 0.334. The molecule has 1 aromatic heterocycles. The lowest BCUT2D eigenvalue weighted by atomic mass is 10.0. The van der Waals surface area contributed by atoms with Crippen LogP contribution in [0.5, 0.6) is 0 Å². The van der Waals surface area contributed by atoms with Gasteiger partial charge in [-0.25, -0.2) is 0 Å². The summed E-state index contributed by atoms with van der Waals surface area (Å²) in [6, 6.07) is 8.04. The molecule has 2 unspecified atom stereocenters. The van der Waals surface area contributed by atoms with Crippen LogP contribution in [-0.2, 0) is 5.75 Å². The second-order valence-corrected chi connectivity index (χ2v) is 6.06. The third-order valence-electron chi connectivity index (χ3n) is 3.27. The summed E-state index contributed by atoms with van der Waals surface area (Å²) in [7, 11) is 1.92. The van der Waals surface area contributed by atoms with Crippen LogP contribution in [0, 0.1) is 0 Å². The molecule has 2 atom stereocenters. The Bertz CT molecular complexity index is 561. The molecule has 1 heterocycles. The van der Waals surface area contributed by atoms with Gasteiger partial charge in [-0.3, -0.25) is 0 Å². The summed E-state index contributed by atoms with van der Waals surface area (Å²) in [6.45, 7) is 4.16. The molecule has 20 heavy (non-hydrogen) atoms. The molecule has 0 aliphatic heterocycles. The highest BCUT2D eigenvalue weighted by atomic mass is 35.5. The van der Waals surface area contributed by atoms with E-state index in [1.807, 2.05) is 31.3 Å². The minimum absolute atomic E-state index is 0.187. The maximum atomic E-state index is 6.11. The summed E-state index contributed by atoms with van der Waals surface area (Å²) in [6.07, 6.45) is 0. The van der Waals surface area contributed by atoms with Crippen molar-refractivity contribution in [2.45, 2.75) is 36.5 Å². The van der Waals surface area contributed by atoms with Crippen molar-refractivity contribution >= 4 is 23.4 Å². The van der Waals surface area contributed by atoms with Crippen molar-refractivity contribution in [2.24, 2.45) is 0 Å². The summed E-state index contributed by atoms with van der Waals surface area (Å²) in [5, 5.41) is 7.96. The predicted molar refractivity (Wildman–Crippen MR) is 82.2 cm³/mol. The Balaban J connectivity index is 1.98. The van der Waals surface area contributed by atoms with Crippen LogP contribution < -0.4 is 5.32 Å². The lowest BCUT2D eigenvalue weighted by Gasteiger charge is -2.14. The Labute approximate surface area is 128 Å². The fourth-order valence-electron chi connectivity index (χ4n) is 1.68. The molecule has 6 heteroatoms. The van der Waals surface area contributed by atoms with E-state index in [0.717, 1.165) is 9.92 Å². The second-order valence-electron chi connectivity index (χ2n) is 4.63. The molecule has 0 fully saturated rings. The van der Waals surface area contributed by atoms with Crippen LogP contribution >= 0.6 is 23.4 Å². The van der Waals surface area contributed by atoms with Gasteiger partial charge in [-0.1, -0.05) is 35.8 Å². The van der Waals surface area contributed by atoms with Crippen molar-refractivity contribution in [2.75, 3.05) is 7.05 Å². The van der Waals surface area contributed by atoms with E-state index in [9.17, 15) is 0 Å². The lowest BCUT2D eigenvalue weighted by Crippen LogP contribution is -2.27. The normalized spacial score (nSPS) is 14.2. The molecule has 0 amide bonds. The number of rotatable bonds is 6. The van der Waals surface area contributed by atoms with Gasteiger partial charge in [0.05, 0.1) is 16.7 Å². The van der Waals surface area contributed by atoms with Crippen molar-refractivity contribution in [3.05, 3.63) is 41.0 Å². The van der Waals surface area contributed by atoms with Crippen molar-refractivity contribution in [3.63, 3.8) is 0 Å². The molecule has 2 rings (SSSR count). The first-order valence-corrected chi connectivity index (χ1v) is 7.85. The Hall–Kier alpha value is -1.04. The minimum atomic E-state index is 0.187. The highest BCUT2D eigenvalue weighted by molar-refractivity contribution is 7.98. The fourth-order valence-corrected chi connectivity index (χ4v) is 2.76.